The number of fused-ring (bicyclic) bond motifs is 1. The van der Waals surface area contributed by atoms with Crippen LogP contribution in [0.5, 0.6) is 0 Å². The number of carbonyl (C=O) groups is 3. The maximum atomic E-state index is 12.3. The molecule has 8 heteroatoms. The lowest BCUT2D eigenvalue weighted by Crippen LogP contribution is -2.47. The number of hydrogen-bond donors (Lipinski definition) is 1. The third-order valence-corrected chi connectivity index (χ3v) is 5.89. The van der Waals surface area contributed by atoms with Crippen LogP contribution in [0.1, 0.15) is 25.3 Å². The number of nitrogens with zero attached hydrogens (tertiary/aromatic N) is 2. The highest BCUT2D eigenvalue weighted by molar-refractivity contribution is 8.01. The lowest BCUT2D eigenvalue weighted by atomic mass is 10.2. The lowest BCUT2D eigenvalue weighted by molar-refractivity contribution is -0.155. The monoisotopic (exact) mass is 359 g/mol. The van der Waals surface area contributed by atoms with Gasteiger partial charge >= 0.3 is 5.97 Å². The zero-order valence-electron chi connectivity index (χ0n) is 13.7. The molecule has 25 heavy (non-hydrogen) atoms. The number of amides is 2. The Morgan fingerprint density at radius 1 is 1.48 bits per heavy atom. The van der Waals surface area contributed by atoms with Crippen molar-refractivity contribution in [2.45, 2.75) is 30.7 Å². The third-order valence-electron chi connectivity index (χ3n) is 4.38. The summed E-state index contributed by atoms with van der Waals surface area (Å²) in [5.74, 6) is -0.686. The van der Waals surface area contributed by atoms with Crippen LogP contribution in [0.15, 0.2) is 24.3 Å². The molecule has 2 aliphatic heterocycles. The average Bonchev–Trinajstić information content (AvgIpc) is 3.09. The van der Waals surface area contributed by atoms with E-state index in [1.165, 1.54) is 0 Å². The summed E-state index contributed by atoms with van der Waals surface area (Å²) in [6, 6.07) is 7.89. The predicted molar refractivity (Wildman–Crippen MR) is 91.5 cm³/mol. The molecule has 7 nitrogen and oxygen atoms in total. The van der Waals surface area contributed by atoms with Gasteiger partial charge in [0, 0.05) is 12.2 Å². The SMILES string of the molecule is C[C@@]12CCC(=O)N1[C@H](C(=O)OCC(=O)Nc1ccccc1C#N)CS2. The van der Waals surface area contributed by atoms with Crippen molar-refractivity contribution >= 4 is 35.2 Å². The Morgan fingerprint density at radius 2 is 2.24 bits per heavy atom. The van der Waals surface area contributed by atoms with Crippen LogP contribution in [0, 0.1) is 11.3 Å². The normalized spacial score (nSPS) is 24.6. The number of rotatable bonds is 4. The van der Waals surface area contributed by atoms with Crippen LogP contribution in [0.4, 0.5) is 5.69 Å². The third kappa shape index (κ3) is 3.33. The van der Waals surface area contributed by atoms with Crippen LogP contribution >= 0.6 is 11.8 Å². The van der Waals surface area contributed by atoms with Crippen LogP contribution in [0.2, 0.25) is 0 Å². The van der Waals surface area contributed by atoms with E-state index >= 15 is 0 Å². The Kier molecular flexibility index (Phi) is 4.68. The van der Waals surface area contributed by atoms with E-state index in [4.69, 9.17) is 10.00 Å². The second kappa shape index (κ2) is 6.76. The molecular formula is C17H17N3O4S. The largest absolute Gasteiger partial charge is 0.454 e. The summed E-state index contributed by atoms with van der Waals surface area (Å²) in [6.07, 6.45) is 1.14. The van der Waals surface area contributed by atoms with E-state index in [0.29, 0.717) is 29.8 Å². The molecule has 0 bridgehead atoms. The van der Waals surface area contributed by atoms with E-state index in [9.17, 15) is 14.4 Å². The molecule has 2 atom stereocenters. The molecule has 2 amide bonds. The summed E-state index contributed by atoms with van der Waals surface area (Å²) in [4.78, 5) is 37.5. The van der Waals surface area contributed by atoms with Gasteiger partial charge in [-0.15, -0.1) is 11.8 Å². The molecular weight excluding hydrogens is 342 g/mol. The molecule has 1 aromatic carbocycles. The van der Waals surface area contributed by atoms with Crippen molar-refractivity contribution < 1.29 is 19.1 Å². The number of thioether (sulfide) groups is 1. The maximum Gasteiger partial charge on any atom is 0.330 e. The number of esters is 1. The summed E-state index contributed by atoms with van der Waals surface area (Å²) in [5, 5.41) is 11.5. The van der Waals surface area contributed by atoms with Gasteiger partial charge in [0.1, 0.15) is 12.1 Å². The number of hydrogen-bond acceptors (Lipinski definition) is 6. The Balaban J connectivity index is 1.57. The van der Waals surface area contributed by atoms with Gasteiger partial charge in [0.05, 0.1) is 16.1 Å². The van der Waals surface area contributed by atoms with Gasteiger partial charge in [-0.05, 0) is 25.5 Å². The van der Waals surface area contributed by atoms with Crippen molar-refractivity contribution in [3.05, 3.63) is 29.8 Å². The minimum absolute atomic E-state index is 0.0538. The highest BCUT2D eigenvalue weighted by atomic mass is 32.2. The zero-order chi connectivity index (χ0) is 18.0. The number of benzene rings is 1. The molecule has 130 valence electrons. The minimum Gasteiger partial charge on any atom is -0.454 e. The molecule has 2 aliphatic rings. The van der Waals surface area contributed by atoms with Gasteiger partial charge in [0.2, 0.25) is 5.91 Å². The van der Waals surface area contributed by atoms with Crippen molar-refractivity contribution in [1.82, 2.24) is 4.90 Å². The fourth-order valence-electron chi connectivity index (χ4n) is 3.10. The molecule has 0 saturated carbocycles. The van der Waals surface area contributed by atoms with Gasteiger partial charge < -0.3 is 15.0 Å². The molecule has 2 saturated heterocycles. The highest BCUT2D eigenvalue weighted by Gasteiger charge is 2.53. The lowest BCUT2D eigenvalue weighted by Gasteiger charge is -2.29. The van der Waals surface area contributed by atoms with Gasteiger partial charge in [-0.25, -0.2) is 4.79 Å². The average molecular weight is 359 g/mol. The molecule has 0 unspecified atom stereocenters. The topological polar surface area (TPSA) is 99.5 Å². The van der Waals surface area contributed by atoms with Gasteiger partial charge in [-0.2, -0.15) is 5.26 Å². The number of para-hydroxylation sites is 1. The van der Waals surface area contributed by atoms with Crippen LogP contribution in [0.25, 0.3) is 0 Å². The summed E-state index contributed by atoms with van der Waals surface area (Å²) in [7, 11) is 0. The van der Waals surface area contributed by atoms with Crippen molar-refractivity contribution in [3.63, 3.8) is 0 Å². The van der Waals surface area contributed by atoms with E-state index < -0.39 is 24.5 Å². The van der Waals surface area contributed by atoms with Crippen LogP contribution < -0.4 is 5.32 Å². The second-order valence-electron chi connectivity index (χ2n) is 6.08. The van der Waals surface area contributed by atoms with Crippen LogP contribution in [0.3, 0.4) is 0 Å². The van der Waals surface area contributed by atoms with Gasteiger partial charge in [-0.3, -0.25) is 9.59 Å². The summed E-state index contributed by atoms with van der Waals surface area (Å²) >= 11 is 1.56. The van der Waals surface area contributed by atoms with Crippen LogP contribution in [-0.2, 0) is 19.1 Å². The van der Waals surface area contributed by atoms with Crippen molar-refractivity contribution in [3.8, 4) is 6.07 Å². The quantitative estimate of drug-likeness (QED) is 0.818. The standard InChI is InChI=1S/C17H17N3O4S/c1-17-7-6-15(22)20(17)13(10-25-17)16(23)24-9-14(21)19-12-5-3-2-4-11(12)8-18/h2-5,13H,6-7,9-10H2,1H3,(H,19,21)/t13-,17+/m0/s1. The molecule has 1 aromatic rings. The Hall–Kier alpha value is -2.53. The first-order chi connectivity index (χ1) is 11.9. The van der Waals surface area contributed by atoms with Gasteiger partial charge in [-0.1, -0.05) is 12.1 Å². The summed E-state index contributed by atoms with van der Waals surface area (Å²) < 4.78 is 5.09. The van der Waals surface area contributed by atoms with Crippen molar-refractivity contribution in [2.75, 3.05) is 17.7 Å². The Morgan fingerprint density at radius 3 is 3.00 bits per heavy atom. The van der Waals surface area contributed by atoms with E-state index in [1.54, 1.807) is 40.9 Å². The number of anilines is 1. The van der Waals surface area contributed by atoms with Crippen LogP contribution in [-0.4, -0.2) is 46.0 Å². The fourth-order valence-corrected chi connectivity index (χ4v) is 4.52. The maximum absolute atomic E-state index is 12.3. The van der Waals surface area contributed by atoms with E-state index in [-0.39, 0.29) is 10.8 Å². The van der Waals surface area contributed by atoms with Crippen molar-refractivity contribution in [2.24, 2.45) is 0 Å². The number of carbonyl (C=O) groups excluding carboxylic acids is 3. The predicted octanol–water partition coefficient (Wildman–Crippen LogP) is 1.49. The molecule has 1 N–H and O–H groups in total. The minimum atomic E-state index is -0.649. The number of ether oxygens (including phenoxy) is 1. The Labute approximate surface area is 149 Å². The van der Waals surface area contributed by atoms with E-state index in [0.717, 1.165) is 0 Å². The highest BCUT2D eigenvalue weighted by Crippen LogP contribution is 2.47. The molecule has 2 fully saturated rings. The number of nitrogens with one attached hydrogen (secondary N) is 1. The second-order valence-corrected chi connectivity index (χ2v) is 7.58. The van der Waals surface area contributed by atoms with Gasteiger partial charge in [0.15, 0.2) is 6.61 Å². The summed E-state index contributed by atoms with van der Waals surface area (Å²) in [6.45, 7) is 1.49. The Bertz CT molecular complexity index is 775. The zero-order valence-corrected chi connectivity index (χ0v) is 14.5. The van der Waals surface area contributed by atoms with E-state index in [2.05, 4.69) is 5.32 Å². The fraction of sp³-hybridized carbons (Fsp3) is 0.412. The molecule has 0 aliphatic carbocycles. The summed E-state index contributed by atoms with van der Waals surface area (Å²) in [5.41, 5.74) is 0.692. The molecule has 0 aromatic heterocycles. The molecule has 0 radical (unpaired) electrons. The molecule has 0 spiro atoms. The first-order valence-electron chi connectivity index (χ1n) is 7.86. The number of nitriles is 1. The first-order valence-corrected chi connectivity index (χ1v) is 8.85. The molecule has 2 heterocycles. The van der Waals surface area contributed by atoms with Crippen molar-refractivity contribution in [1.29, 1.82) is 5.26 Å². The van der Waals surface area contributed by atoms with Gasteiger partial charge in [0.25, 0.3) is 5.91 Å². The molecule has 3 rings (SSSR count). The van der Waals surface area contributed by atoms with E-state index in [1.807, 2.05) is 13.0 Å². The first kappa shape index (κ1) is 17.3. The smallest absolute Gasteiger partial charge is 0.330 e.